The van der Waals surface area contributed by atoms with Gasteiger partial charge in [0.1, 0.15) is 17.2 Å². The van der Waals surface area contributed by atoms with Crippen LogP contribution in [-0.2, 0) is 16.0 Å². The molecule has 7 nitrogen and oxygen atoms in total. The van der Waals surface area contributed by atoms with E-state index in [-0.39, 0.29) is 17.3 Å². The Balaban J connectivity index is 1.91. The molecule has 3 rings (SSSR count). The summed E-state index contributed by atoms with van der Waals surface area (Å²) < 4.78 is 21.7. The quantitative estimate of drug-likeness (QED) is 0.600. The first-order chi connectivity index (χ1) is 14.6. The molecule has 1 heterocycles. The first-order valence-electron chi connectivity index (χ1n) is 9.71. The molecule has 2 aromatic carbocycles. The molecule has 1 N–H and O–H groups in total. The molecule has 2 aromatic rings. The molecule has 0 saturated heterocycles. The number of ether oxygens (including phenoxy) is 4. The number of phenolic OH excluding ortho intramolecular Hbond substituents is 1. The number of benzene rings is 2. The van der Waals surface area contributed by atoms with E-state index in [1.807, 2.05) is 24.3 Å². The van der Waals surface area contributed by atoms with Gasteiger partial charge in [0.15, 0.2) is 5.76 Å². The molecule has 7 heteroatoms. The number of phenols is 1. The van der Waals surface area contributed by atoms with Gasteiger partial charge in [-0.1, -0.05) is 18.2 Å². The van der Waals surface area contributed by atoms with Gasteiger partial charge < -0.3 is 24.1 Å². The fraction of sp³-hybridized carbons (Fsp3) is 0.348. The van der Waals surface area contributed by atoms with Gasteiger partial charge in [-0.05, 0) is 24.3 Å². The van der Waals surface area contributed by atoms with Crippen molar-refractivity contribution in [1.82, 2.24) is 4.90 Å². The number of para-hydroxylation sites is 1. The average molecular weight is 413 g/mol. The Morgan fingerprint density at radius 3 is 2.40 bits per heavy atom. The molecule has 0 aromatic heterocycles. The summed E-state index contributed by atoms with van der Waals surface area (Å²) in [7, 11) is 4.86. The van der Waals surface area contributed by atoms with Crippen molar-refractivity contribution in [3.63, 3.8) is 0 Å². The highest BCUT2D eigenvalue weighted by atomic mass is 16.5. The fourth-order valence-corrected chi connectivity index (χ4v) is 3.31. The Hall–Kier alpha value is -2.87. The van der Waals surface area contributed by atoms with Gasteiger partial charge in [-0.3, -0.25) is 9.69 Å². The SMILES string of the molecule is COCCN(CCOC)Cc1c(O)ccc2c1O/C(=C/c1ccccc1OC)C2=O. The second kappa shape index (κ2) is 10.2. The number of hydrogen-bond acceptors (Lipinski definition) is 7. The second-order valence-electron chi connectivity index (χ2n) is 6.88. The van der Waals surface area contributed by atoms with E-state index in [0.717, 1.165) is 5.56 Å². The van der Waals surface area contributed by atoms with E-state index >= 15 is 0 Å². The molecule has 0 bridgehead atoms. The second-order valence-corrected chi connectivity index (χ2v) is 6.88. The molecule has 1 aliphatic heterocycles. The van der Waals surface area contributed by atoms with Crippen molar-refractivity contribution in [2.45, 2.75) is 6.54 Å². The third-order valence-corrected chi connectivity index (χ3v) is 4.95. The highest BCUT2D eigenvalue weighted by Gasteiger charge is 2.31. The summed E-state index contributed by atoms with van der Waals surface area (Å²) in [4.78, 5) is 15.0. The number of hydrogen-bond donors (Lipinski definition) is 1. The summed E-state index contributed by atoms with van der Waals surface area (Å²) in [6, 6.07) is 10.5. The molecule has 0 radical (unpaired) electrons. The van der Waals surface area contributed by atoms with Gasteiger partial charge >= 0.3 is 0 Å². The van der Waals surface area contributed by atoms with Gasteiger partial charge in [0.2, 0.25) is 5.78 Å². The molecule has 0 unspecified atom stereocenters. The van der Waals surface area contributed by atoms with Gasteiger partial charge in [0.25, 0.3) is 0 Å². The molecular weight excluding hydrogens is 386 g/mol. The minimum absolute atomic E-state index is 0.0833. The van der Waals surface area contributed by atoms with Crippen molar-refractivity contribution in [2.24, 2.45) is 0 Å². The Labute approximate surface area is 176 Å². The van der Waals surface area contributed by atoms with Crippen LogP contribution in [0.2, 0.25) is 0 Å². The third-order valence-electron chi connectivity index (χ3n) is 4.95. The molecule has 160 valence electrons. The van der Waals surface area contributed by atoms with Gasteiger partial charge in [-0.25, -0.2) is 0 Å². The van der Waals surface area contributed by atoms with E-state index in [2.05, 4.69) is 4.90 Å². The van der Waals surface area contributed by atoms with Crippen molar-refractivity contribution >= 4 is 11.9 Å². The van der Waals surface area contributed by atoms with Crippen LogP contribution in [0.25, 0.3) is 6.08 Å². The van der Waals surface area contributed by atoms with Crippen LogP contribution in [0.5, 0.6) is 17.2 Å². The van der Waals surface area contributed by atoms with Crippen molar-refractivity contribution in [1.29, 1.82) is 0 Å². The highest BCUT2D eigenvalue weighted by molar-refractivity contribution is 6.15. The standard InChI is InChI=1S/C23H27NO6/c1-27-12-10-24(11-13-28-2)15-18-19(25)9-8-17-22(26)21(30-23(17)18)14-16-6-4-5-7-20(16)29-3/h4-9,14,25H,10-13,15H2,1-3H3/b21-14+. The zero-order chi connectivity index (χ0) is 21.5. The lowest BCUT2D eigenvalue weighted by Crippen LogP contribution is -2.30. The van der Waals surface area contributed by atoms with E-state index in [0.29, 0.717) is 55.5 Å². The molecule has 30 heavy (non-hydrogen) atoms. The molecule has 0 fully saturated rings. The lowest BCUT2D eigenvalue weighted by Gasteiger charge is -2.23. The Morgan fingerprint density at radius 2 is 1.73 bits per heavy atom. The maximum absolute atomic E-state index is 12.9. The summed E-state index contributed by atoms with van der Waals surface area (Å²) in [6.45, 7) is 2.79. The van der Waals surface area contributed by atoms with Crippen LogP contribution in [0.4, 0.5) is 0 Å². The summed E-state index contributed by atoms with van der Waals surface area (Å²) >= 11 is 0. The molecular formula is C23H27NO6. The Morgan fingerprint density at radius 1 is 1.03 bits per heavy atom. The van der Waals surface area contributed by atoms with Crippen molar-refractivity contribution in [3.05, 3.63) is 58.8 Å². The van der Waals surface area contributed by atoms with Crippen LogP contribution in [-0.4, -0.2) is 63.4 Å². The molecule has 0 amide bonds. The zero-order valence-corrected chi connectivity index (χ0v) is 17.5. The van der Waals surface area contributed by atoms with E-state index in [1.165, 1.54) is 6.07 Å². The van der Waals surface area contributed by atoms with Gasteiger partial charge in [0, 0.05) is 39.4 Å². The summed E-state index contributed by atoms with van der Waals surface area (Å²) in [5.74, 6) is 1.09. The van der Waals surface area contributed by atoms with Crippen LogP contribution in [0.3, 0.4) is 0 Å². The lowest BCUT2D eigenvalue weighted by atomic mass is 10.0. The van der Waals surface area contributed by atoms with E-state index in [4.69, 9.17) is 18.9 Å². The van der Waals surface area contributed by atoms with Crippen molar-refractivity contribution < 1.29 is 28.8 Å². The molecule has 0 saturated carbocycles. The van der Waals surface area contributed by atoms with Gasteiger partial charge in [-0.2, -0.15) is 0 Å². The Bertz CT molecular complexity index is 916. The number of rotatable bonds is 10. The predicted octanol–water partition coefficient (Wildman–Crippen LogP) is 3.11. The summed E-state index contributed by atoms with van der Waals surface area (Å²) in [6.07, 6.45) is 1.66. The smallest absolute Gasteiger partial charge is 0.231 e. The maximum atomic E-state index is 12.9. The van der Waals surface area contributed by atoms with Crippen molar-refractivity contribution in [3.8, 4) is 17.2 Å². The van der Waals surface area contributed by atoms with Gasteiger partial charge in [-0.15, -0.1) is 0 Å². The molecule has 0 spiro atoms. The monoisotopic (exact) mass is 413 g/mol. The zero-order valence-electron chi connectivity index (χ0n) is 17.5. The largest absolute Gasteiger partial charge is 0.507 e. The number of Topliss-reactive ketones (excluding diaryl/α,β-unsaturated/α-hetero) is 1. The third kappa shape index (κ3) is 4.81. The van der Waals surface area contributed by atoms with Crippen molar-refractivity contribution in [2.75, 3.05) is 47.6 Å². The molecule has 0 aliphatic carbocycles. The fourth-order valence-electron chi connectivity index (χ4n) is 3.31. The minimum atomic E-state index is -0.225. The number of nitrogens with zero attached hydrogens (tertiary/aromatic N) is 1. The summed E-state index contributed by atoms with van der Waals surface area (Å²) in [5, 5.41) is 10.5. The van der Waals surface area contributed by atoms with E-state index < -0.39 is 0 Å². The predicted molar refractivity (Wildman–Crippen MR) is 113 cm³/mol. The van der Waals surface area contributed by atoms with E-state index in [9.17, 15) is 9.90 Å². The van der Waals surface area contributed by atoms with E-state index in [1.54, 1.807) is 33.5 Å². The number of carbonyl (C=O) groups excluding carboxylic acids is 1. The number of methoxy groups -OCH3 is 3. The van der Waals surface area contributed by atoms with Crippen LogP contribution in [0.15, 0.2) is 42.2 Å². The minimum Gasteiger partial charge on any atom is -0.507 e. The normalized spacial score (nSPS) is 14.3. The highest BCUT2D eigenvalue weighted by Crippen LogP contribution is 2.40. The number of carbonyl (C=O) groups is 1. The van der Waals surface area contributed by atoms with Crippen LogP contribution >= 0.6 is 0 Å². The first kappa shape index (κ1) is 21.8. The number of fused-ring (bicyclic) bond motifs is 1. The van der Waals surface area contributed by atoms with Crippen LogP contribution in [0.1, 0.15) is 21.5 Å². The van der Waals surface area contributed by atoms with Crippen LogP contribution < -0.4 is 9.47 Å². The maximum Gasteiger partial charge on any atom is 0.231 e. The first-order valence-corrected chi connectivity index (χ1v) is 9.71. The lowest BCUT2D eigenvalue weighted by molar-refractivity contribution is 0.101. The van der Waals surface area contributed by atoms with Crippen LogP contribution in [0, 0.1) is 0 Å². The average Bonchev–Trinajstić information content (AvgIpc) is 3.07. The number of allylic oxidation sites excluding steroid dienone is 1. The Kier molecular flexibility index (Phi) is 7.46. The molecule has 0 atom stereocenters. The topological polar surface area (TPSA) is 77.5 Å². The number of aromatic hydroxyl groups is 1. The van der Waals surface area contributed by atoms with Gasteiger partial charge in [0.05, 0.1) is 31.5 Å². The summed E-state index contributed by atoms with van der Waals surface area (Å²) in [5.41, 5.74) is 1.74. The molecule has 1 aliphatic rings. The number of ketones is 1.